The second-order valence-electron chi connectivity index (χ2n) is 9.33. The van der Waals surface area contributed by atoms with Gasteiger partial charge < -0.3 is 10.6 Å². The second kappa shape index (κ2) is 11.1. The van der Waals surface area contributed by atoms with Crippen LogP contribution < -0.4 is 26.8 Å². The number of hydrogen-bond donors (Lipinski definition) is 2. The van der Waals surface area contributed by atoms with E-state index in [1.807, 2.05) is 13.0 Å². The van der Waals surface area contributed by atoms with Gasteiger partial charge in [-0.15, -0.1) is 0 Å². The van der Waals surface area contributed by atoms with Gasteiger partial charge >= 0.3 is 5.69 Å². The summed E-state index contributed by atoms with van der Waals surface area (Å²) in [6.07, 6.45) is 0.454. The van der Waals surface area contributed by atoms with E-state index in [1.54, 1.807) is 24.3 Å². The summed E-state index contributed by atoms with van der Waals surface area (Å²) in [5, 5.41) is 0.434. The molecule has 1 aromatic heterocycles. The van der Waals surface area contributed by atoms with Crippen LogP contribution in [0.1, 0.15) is 50.0 Å². The van der Waals surface area contributed by atoms with Crippen LogP contribution in [0.4, 0.5) is 17.2 Å². The lowest BCUT2D eigenvalue weighted by Gasteiger charge is -2.24. The fraction of sp³-hybridized carbons (Fsp3) is 0.138. The summed E-state index contributed by atoms with van der Waals surface area (Å²) in [6.45, 7) is 1.98. The molecular weight excluding hydrogens is 569 g/mol. The molecular formula is C29H23Cl2N5O5. The van der Waals surface area contributed by atoms with Crippen molar-refractivity contribution in [2.75, 3.05) is 22.1 Å². The molecule has 4 aromatic rings. The second-order valence-corrected chi connectivity index (χ2v) is 10.1. The summed E-state index contributed by atoms with van der Waals surface area (Å²) in [4.78, 5) is 70.2. The Morgan fingerprint density at radius 1 is 0.902 bits per heavy atom. The van der Waals surface area contributed by atoms with Gasteiger partial charge in [0.25, 0.3) is 23.3 Å². The number of aromatic nitrogens is 2. The highest BCUT2D eigenvalue weighted by molar-refractivity contribution is 6.42. The number of carbonyl (C=O) groups is 3. The van der Waals surface area contributed by atoms with E-state index < -0.39 is 29.0 Å². The summed E-state index contributed by atoms with van der Waals surface area (Å²) in [5.74, 6) is -2.04. The minimum Gasteiger partial charge on any atom is -0.383 e. The zero-order valence-electron chi connectivity index (χ0n) is 21.7. The first-order valence-corrected chi connectivity index (χ1v) is 13.3. The van der Waals surface area contributed by atoms with Crippen LogP contribution in [0.3, 0.4) is 0 Å². The van der Waals surface area contributed by atoms with Gasteiger partial charge in [0.15, 0.2) is 5.69 Å². The largest absolute Gasteiger partial charge is 0.383 e. The van der Waals surface area contributed by atoms with Gasteiger partial charge in [0.2, 0.25) is 0 Å². The third kappa shape index (κ3) is 5.03. The van der Waals surface area contributed by atoms with Crippen molar-refractivity contribution in [2.24, 2.45) is 0 Å². The highest BCUT2D eigenvalue weighted by atomic mass is 35.5. The maximum atomic E-state index is 13.8. The number of rotatable bonds is 7. The summed E-state index contributed by atoms with van der Waals surface area (Å²) in [6, 6.07) is 17.5. The lowest BCUT2D eigenvalue weighted by Crippen LogP contribution is -2.41. The molecule has 0 saturated heterocycles. The zero-order chi connectivity index (χ0) is 29.4. The summed E-state index contributed by atoms with van der Waals surface area (Å²) in [5.41, 5.74) is 5.78. The van der Waals surface area contributed by atoms with Crippen LogP contribution in [0.25, 0.3) is 0 Å². The highest BCUT2D eigenvalue weighted by Gasteiger charge is 2.38. The summed E-state index contributed by atoms with van der Waals surface area (Å²) in [7, 11) is 0. The average Bonchev–Trinajstić information content (AvgIpc) is 3.21. The minimum absolute atomic E-state index is 0.0132. The molecule has 0 spiro atoms. The van der Waals surface area contributed by atoms with E-state index in [0.29, 0.717) is 6.42 Å². The zero-order valence-corrected chi connectivity index (χ0v) is 23.2. The van der Waals surface area contributed by atoms with Gasteiger partial charge in [0.05, 0.1) is 33.4 Å². The number of nitrogens with one attached hydrogen (secondary N) is 1. The van der Waals surface area contributed by atoms with E-state index >= 15 is 0 Å². The molecule has 2 heterocycles. The number of fused-ring (bicyclic) bond motifs is 1. The van der Waals surface area contributed by atoms with Crippen LogP contribution in [-0.2, 0) is 6.54 Å². The Morgan fingerprint density at radius 2 is 1.61 bits per heavy atom. The molecule has 5 rings (SSSR count). The standard InChI is InChI=1S/C29H23Cl2N5O5/c1-2-12-34(23-24(32)35(29(41)33-25(23)37)15-16-6-4-3-5-7-16)26(38)17-8-10-19-20(13-17)28(40)36(27(19)39)18-9-11-21(30)22(31)14-18/h3-11,13-14H,2,12,15,32H2,1H3,(H,33,37,41). The van der Waals surface area contributed by atoms with Crippen molar-refractivity contribution in [1.82, 2.24) is 9.55 Å². The number of carbonyl (C=O) groups excluding carboxylic acids is 3. The molecule has 3 aromatic carbocycles. The van der Waals surface area contributed by atoms with Gasteiger partial charge in [0.1, 0.15) is 5.82 Å². The first-order chi connectivity index (χ1) is 19.6. The number of nitrogen functional groups attached to an aromatic ring is 1. The van der Waals surface area contributed by atoms with Gasteiger partial charge in [-0.1, -0.05) is 60.5 Å². The Kier molecular flexibility index (Phi) is 7.53. The summed E-state index contributed by atoms with van der Waals surface area (Å²) >= 11 is 12.1. The average molecular weight is 592 g/mol. The van der Waals surface area contributed by atoms with Crippen LogP contribution in [0.15, 0.2) is 76.3 Å². The van der Waals surface area contributed by atoms with Crippen LogP contribution in [-0.4, -0.2) is 33.8 Å². The minimum atomic E-state index is -0.822. The highest BCUT2D eigenvalue weighted by Crippen LogP contribution is 2.33. The number of nitrogens with two attached hydrogens (primary N) is 1. The maximum absolute atomic E-state index is 13.8. The molecule has 41 heavy (non-hydrogen) atoms. The normalized spacial score (nSPS) is 12.5. The molecule has 1 aliphatic heterocycles. The van der Waals surface area contributed by atoms with E-state index in [9.17, 15) is 24.0 Å². The molecule has 0 unspecified atom stereocenters. The topological polar surface area (TPSA) is 139 Å². The van der Waals surface area contributed by atoms with E-state index in [-0.39, 0.29) is 57.0 Å². The van der Waals surface area contributed by atoms with Crippen molar-refractivity contribution < 1.29 is 14.4 Å². The molecule has 0 saturated carbocycles. The number of aromatic amines is 1. The third-order valence-electron chi connectivity index (χ3n) is 6.65. The Labute approximate surface area is 243 Å². The predicted molar refractivity (Wildman–Crippen MR) is 157 cm³/mol. The first-order valence-electron chi connectivity index (χ1n) is 12.6. The molecule has 1 aliphatic rings. The molecule has 0 bridgehead atoms. The molecule has 0 fully saturated rings. The van der Waals surface area contributed by atoms with Crippen molar-refractivity contribution in [1.29, 1.82) is 0 Å². The van der Waals surface area contributed by atoms with Crippen molar-refractivity contribution in [3.05, 3.63) is 120 Å². The van der Waals surface area contributed by atoms with Crippen molar-refractivity contribution in [2.45, 2.75) is 19.9 Å². The SMILES string of the molecule is CCCN(C(=O)c1ccc2c(c1)C(=O)N(c1ccc(Cl)c(Cl)c1)C2=O)c1c(N)n(Cc2ccccc2)c(=O)[nH]c1=O. The number of H-pyrrole nitrogens is 1. The van der Waals surface area contributed by atoms with Gasteiger partial charge in [-0.2, -0.15) is 0 Å². The fourth-order valence-corrected chi connectivity index (χ4v) is 4.98. The van der Waals surface area contributed by atoms with Crippen LogP contribution in [0.5, 0.6) is 0 Å². The Bertz CT molecular complexity index is 1830. The molecule has 10 nitrogen and oxygen atoms in total. The van der Waals surface area contributed by atoms with Gasteiger partial charge in [-0.3, -0.25) is 28.7 Å². The molecule has 0 atom stereocenters. The first kappa shape index (κ1) is 27.9. The molecule has 0 radical (unpaired) electrons. The maximum Gasteiger partial charge on any atom is 0.330 e. The number of anilines is 3. The van der Waals surface area contributed by atoms with Gasteiger partial charge in [0, 0.05) is 12.1 Å². The number of amides is 3. The number of benzene rings is 3. The van der Waals surface area contributed by atoms with Crippen LogP contribution >= 0.6 is 23.2 Å². The Hall–Kier alpha value is -4.67. The molecule has 0 aliphatic carbocycles. The Balaban J connectivity index is 1.53. The molecule has 208 valence electrons. The van der Waals surface area contributed by atoms with E-state index in [2.05, 4.69) is 4.98 Å². The van der Waals surface area contributed by atoms with Crippen molar-refractivity contribution in [3.8, 4) is 0 Å². The molecule has 3 amide bonds. The van der Waals surface area contributed by atoms with Crippen LogP contribution in [0, 0.1) is 0 Å². The lowest BCUT2D eigenvalue weighted by molar-refractivity contribution is 0.0925. The van der Waals surface area contributed by atoms with Gasteiger partial charge in [-0.05, 0) is 48.4 Å². The molecule has 12 heteroatoms. The van der Waals surface area contributed by atoms with E-state index in [4.69, 9.17) is 28.9 Å². The lowest BCUT2D eigenvalue weighted by atomic mass is 10.0. The Morgan fingerprint density at radius 3 is 2.29 bits per heavy atom. The quantitative estimate of drug-likeness (QED) is 0.307. The van der Waals surface area contributed by atoms with E-state index in [1.165, 1.54) is 45.9 Å². The van der Waals surface area contributed by atoms with Crippen molar-refractivity contribution >= 4 is 58.1 Å². The third-order valence-corrected chi connectivity index (χ3v) is 7.39. The number of hydrogen-bond acceptors (Lipinski definition) is 6. The summed E-state index contributed by atoms with van der Waals surface area (Å²) < 4.78 is 1.18. The predicted octanol–water partition coefficient (Wildman–Crippen LogP) is 4.33. The van der Waals surface area contributed by atoms with E-state index in [0.717, 1.165) is 10.5 Å². The fourth-order valence-electron chi connectivity index (χ4n) is 4.69. The number of imide groups is 1. The number of nitrogens with zero attached hydrogens (tertiary/aromatic N) is 3. The monoisotopic (exact) mass is 591 g/mol. The smallest absolute Gasteiger partial charge is 0.330 e. The molecule has 3 N–H and O–H groups in total. The van der Waals surface area contributed by atoms with Crippen LogP contribution in [0.2, 0.25) is 10.0 Å². The van der Waals surface area contributed by atoms with Crippen molar-refractivity contribution in [3.63, 3.8) is 0 Å². The number of halogens is 2. The van der Waals surface area contributed by atoms with Gasteiger partial charge in [-0.25, -0.2) is 9.69 Å².